The van der Waals surface area contributed by atoms with E-state index in [1.165, 1.54) is 18.9 Å². The molecular formula is C15H21N3O3. The van der Waals surface area contributed by atoms with Crippen molar-refractivity contribution >= 4 is 17.7 Å². The predicted molar refractivity (Wildman–Crippen MR) is 80.8 cm³/mol. The summed E-state index contributed by atoms with van der Waals surface area (Å²) in [7, 11) is 0. The van der Waals surface area contributed by atoms with Gasteiger partial charge in [-0.1, -0.05) is 6.07 Å². The molecule has 1 aliphatic heterocycles. The van der Waals surface area contributed by atoms with Crippen molar-refractivity contribution in [3.05, 3.63) is 29.3 Å². The van der Waals surface area contributed by atoms with E-state index in [9.17, 15) is 9.59 Å². The van der Waals surface area contributed by atoms with Gasteiger partial charge in [0.15, 0.2) is 0 Å². The molecule has 0 spiro atoms. The van der Waals surface area contributed by atoms with Crippen LogP contribution < -0.4 is 10.6 Å². The minimum atomic E-state index is -0.995. The first-order chi connectivity index (χ1) is 10.1. The van der Waals surface area contributed by atoms with Crippen LogP contribution in [0.5, 0.6) is 0 Å². The van der Waals surface area contributed by atoms with Gasteiger partial charge in [0.2, 0.25) is 0 Å². The van der Waals surface area contributed by atoms with E-state index in [4.69, 9.17) is 5.11 Å². The van der Waals surface area contributed by atoms with Crippen LogP contribution in [0, 0.1) is 6.92 Å². The average Bonchev–Trinajstić information content (AvgIpc) is 2.94. The molecule has 2 amide bonds. The minimum Gasteiger partial charge on any atom is -0.478 e. The number of urea groups is 1. The molecule has 114 valence electrons. The van der Waals surface area contributed by atoms with Crippen LogP contribution in [0.15, 0.2) is 18.2 Å². The van der Waals surface area contributed by atoms with E-state index < -0.39 is 5.97 Å². The summed E-state index contributed by atoms with van der Waals surface area (Å²) in [5.41, 5.74) is 1.28. The topological polar surface area (TPSA) is 81.7 Å². The largest absolute Gasteiger partial charge is 0.478 e. The number of hydrogen-bond acceptors (Lipinski definition) is 3. The Balaban J connectivity index is 1.84. The number of benzene rings is 1. The number of carboxylic acids is 1. The molecular weight excluding hydrogens is 270 g/mol. The number of carbonyl (C=O) groups excluding carboxylic acids is 1. The van der Waals surface area contributed by atoms with Gasteiger partial charge in [-0.15, -0.1) is 0 Å². The molecule has 21 heavy (non-hydrogen) atoms. The molecule has 0 aromatic heterocycles. The lowest BCUT2D eigenvalue weighted by Crippen LogP contribution is -2.36. The fourth-order valence-electron chi connectivity index (χ4n) is 2.50. The number of amides is 2. The predicted octanol–water partition coefficient (Wildman–Crippen LogP) is 1.91. The summed E-state index contributed by atoms with van der Waals surface area (Å²) in [6.07, 6.45) is 2.46. The third-order valence-electron chi connectivity index (χ3n) is 3.72. The second-order valence-corrected chi connectivity index (χ2v) is 5.21. The lowest BCUT2D eigenvalue weighted by atomic mass is 10.1. The van der Waals surface area contributed by atoms with Crippen LogP contribution in [0.3, 0.4) is 0 Å². The van der Waals surface area contributed by atoms with Crippen molar-refractivity contribution in [3.8, 4) is 0 Å². The fourth-order valence-corrected chi connectivity index (χ4v) is 2.50. The Bertz CT molecular complexity index is 525. The maximum atomic E-state index is 11.8. The van der Waals surface area contributed by atoms with Gasteiger partial charge in [0.25, 0.3) is 0 Å². The Hall–Kier alpha value is -2.08. The Kier molecular flexibility index (Phi) is 5.16. The summed E-state index contributed by atoms with van der Waals surface area (Å²) >= 11 is 0. The Labute approximate surface area is 124 Å². The highest BCUT2D eigenvalue weighted by Gasteiger charge is 2.13. The second kappa shape index (κ2) is 7.08. The monoisotopic (exact) mass is 291 g/mol. The zero-order valence-corrected chi connectivity index (χ0v) is 12.2. The Morgan fingerprint density at radius 1 is 1.29 bits per heavy atom. The van der Waals surface area contributed by atoms with E-state index in [-0.39, 0.29) is 11.6 Å². The first-order valence-corrected chi connectivity index (χ1v) is 7.18. The molecule has 1 aromatic rings. The van der Waals surface area contributed by atoms with E-state index >= 15 is 0 Å². The van der Waals surface area contributed by atoms with Gasteiger partial charge in [-0.3, -0.25) is 0 Å². The van der Waals surface area contributed by atoms with Crippen molar-refractivity contribution in [3.63, 3.8) is 0 Å². The highest BCUT2D eigenvalue weighted by Crippen LogP contribution is 2.18. The number of carboxylic acid groups (broad SMARTS) is 1. The molecule has 1 fully saturated rings. The summed E-state index contributed by atoms with van der Waals surface area (Å²) in [5, 5.41) is 14.5. The third kappa shape index (κ3) is 4.19. The van der Waals surface area contributed by atoms with Crippen LogP contribution in [0.1, 0.15) is 28.8 Å². The zero-order valence-electron chi connectivity index (χ0n) is 12.2. The number of nitrogens with one attached hydrogen (secondary N) is 2. The number of rotatable bonds is 5. The second-order valence-electron chi connectivity index (χ2n) is 5.21. The number of carbonyl (C=O) groups is 2. The molecule has 0 saturated carbocycles. The molecule has 1 aliphatic rings. The molecule has 2 rings (SSSR count). The maximum Gasteiger partial charge on any atom is 0.336 e. The van der Waals surface area contributed by atoms with E-state index in [0.29, 0.717) is 17.8 Å². The molecule has 1 heterocycles. The molecule has 1 saturated heterocycles. The number of hydrogen-bond donors (Lipinski definition) is 3. The van der Waals surface area contributed by atoms with Crippen molar-refractivity contribution in [2.24, 2.45) is 0 Å². The summed E-state index contributed by atoms with van der Waals surface area (Å²) in [6, 6.07) is 4.53. The van der Waals surface area contributed by atoms with Gasteiger partial charge < -0.3 is 20.6 Å². The normalized spacial score (nSPS) is 14.9. The highest BCUT2D eigenvalue weighted by atomic mass is 16.4. The lowest BCUT2D eigenvalue weighted by Gasteiger charge is -2.15. The van der Waals surface area contributed by atoms with Crippen molar-refractivity contribution in [2.75, 3.05) is 31.5 Å². The van der Waals surface area contributed by atoms with Gasteiger partial charge in [-0.2, -0.15) is 0 Å². The van der Waals surface area contributed by atoms with Gasteiger partial charge in [-0.25, -0.2) is 9.59 Å². The van der Waals surface area contributed by atoms with Crippen molar-refractivity contribution in [1.29, 1.82) is 0 Å². The summed E-state index contributed by atoms with van der Waals surface area (Å²) in [4.78, 5) is 25.2. The third-order valence-corrected chi connectivity index (χ3v) is 3.72. The SMILES string of the molecule is Cc1c(NC(=O)NCCN2CCCC2)cccc1C(=O)O. The Morgan fingerprint density at radius 3 is 2.67 bits per heavy atom. The van der Waals surface area contributed by atoms with Gasteiger partial charge in [0, 0.05) is 18.8 Å². The van der Waals surface area contributed by atoms with Gasteiger partial charge in [0.05, 0.1) is 5.56 Å². The molecule has 3 N–H and O–H groups in total. The van der Waals surface area contributed by atoms with Crippen LogP contribution in [-0.2, 0) is 0 Å². The molecule has 0 unspecified atom stereocenters. The number of anilines is 1. The standard InChI is InChI=1S/C15H21N3O3/c1-11-12(14(19)20)5-4-6-13(11)17-15(21)16-7-10-18-8-2-3-9-18/h4-6H,2-3,7-10H2,1H3,(H,19,20)(H2,16,17,21). The molecule has 6 nitrogen and oxygen atoms in total. The van der Waals surface area contributed by atoms with E-state index in [1.807, 2.05) is 0 Å². The Morgan fingerprint density at radius 2 is 2.00 bits per heavy atom. The summed E-state index contributed by atoms with van der Waals surface area (Å²) in [6.45, 7) is 5.32. The highest BCUT2D eigenvalue weighted by molar-refractivity contribution is 5.95. The number of nitrogens with zero attached hydrogens (tertiary/aromatic N) is 1. The minimum absolute atomic E-state index is 0.199. The fraction of sp³-hybridized carbons (Fsp3) is 0.467. The molecule has 0 bridgehead atoms. The molecule has 6 heteroatoms. The van der Waals surface area contributed by atoms with Crippen molar-refractivity contribution < 1.29 is 14.7 Å². The van der Waals surface area contributed by atoms with Gasteiger partial charge in [0.1, 0.15) is 0 Å². The van der Waals surface area contributed by atoms with Crippen LogP contribution in [0.2, 0.25) is 0 Å². The molecule has 0 radical (unpaired) electrons. The van der Waals surface area contributed by atoms with Crippen LogP contribution in [0.25, 0.3) is 0 Å². The van der Waals surface area contributed by atoms with Gasteiger partial charge in [-0.05, 0) is 50.6 Å². The van der Waals surface area contributed by atoms with Gasteiger partial charge >= 0.3 is 12.0 Å². The lowest BCUT2D eigenvalue weighted by molar-refractivity contribution is 0.0696. The van der Waals surface area contributed by atoms with Crippen molar-refractivity contribution in [1.82, 2.24) is 10.2 Å². The molecule has 0 aliphatic carbocycles. The first-order valence-electron chi connectivity index (χ1n) is 7.18. The van der Waals surface area contributed by atoms with Crippen LogP contribution >= 0.6 is 0 Å². The quantitative estimate of drug-likeness (QED) is 0.774. The maximum absolute atomic E-state index is 11.8. The smallest absolute Gasteiger partial charge is 0.336 e. The first kappa shape index (κ1) is 15.3. The summed E-state index contributed by atoms with van der Waals surface area (Å²) in [5.74, 6) is -0.995. The molecule has 0 atom stereocenters. The van der Waals surface area contributed by atoms with E-state index in [2.05, 4.69) is 15.5 Å². The number of likely N-dealkylation sites (tertiary alicyclic amines) is 1. The number of aromatic carboxylic acids is 1. The molecule has 1 aromatic carbocycles. The van der Waals surface area contributed by atoms with E-state index in [1.54, 1.807) is 19.1 Å². The van der Waals surface area contributed by atoms with E-state index in [0.717, 1.165) is 19.6 Å². The van der Waals surface area contributed by atoms with Crippen molar-refractivity contribution in [2.45, 2.75) is 19.8 Å². The van der Waals surface area contributed by atoms with Crippen LogP contribution in [0.4, 0.5) is 10.5 Å². The summed E-state index contributed by atoms with van der Waals surface area (Å²) < 4.78 is 0. The zero-order chi connectivity index (χ0) is 15.2. The average molecular weight is 291 g/mol. The van der Waals surface area contributed by atoms with Crippen LogP contribution in [-0.4, -0.2) is 48.2 Å².